The number of nitrogens with one attached hydrogen (secondary N) is 2. The fourth-order valence-corrected chi connectivity index (χ4v) is 3.65. The first-order valence-corrected chi connectivity index (χ1v) is 10.2. The van der Waals surface area contributed by atoms with E-state index in [4.69, 9.17) is 0 Å². The van der Waals surface area contributed by atoms with Gasteiger partial charge >= 0.3 is 0 Å². The SMILES string of the molecule is CCN(CC)C(=O)c1cccc(NC(=O)CN2CCNCC2c2cccnc2)c1. The van der Waals surface area contributed by atoms with E-state index in [2.05, 4.69) is 20.5 Å². The molecular weight excluding hydrogens is 366 g/mol. The first-order valence-electron chi connectivity index (χ1n) is 10.2. The predicted octanol–water partition coefficient (Wildman–Crippen LogP) is 2.15. The molecule has 1 fully saturated rings. The normalized spacial score (nSPS) is 17.0. The van der Waals surface area contributed by atoms with Crippen molar-refractivity contribution in [2.45, 2.75) is 19.9 Å². The van der Waals surface area contributed by atoms with Crippen molar-refractivity contribution in [1.82, 2.24) is 20.1 Å². The molecule has 0 bridgehead atoms. The van der Waals surface area contributed by atoms with Crippen LogP contribution in [0.5, 0.6) is 0 Å². The number of carbonyl (C=O) groups excluding carboxylic acids is 2. The summed E-state index contributed by atoms with van der Waals surface area (Å²) in [4.78, 5) is 33.4. The summed E-state index contributed by atoms with van der Waals surface area (Å²) in [6.07, 6.45) is 3.61. The molecule has 0 aliphatic carbocycles. The van der Waals surface area contributed by atoms with Crippen molar-refractivity contribution in [2.24, 2.45) is 0 Å². The molecule has 2 aromatic rings. The second-order valence-electron chi connectivity index (χ2n) is 7.08. The zero-order valence-corrected chi connectivity index (χ0v) is 17.1. The topological polar surface area (TPSA) is 77.6 Å². The predicted molar refractivity (Wildman–Crippen MR) is 114 cm³/mol. The molecule has 1 saturated heterocycles. The van der Waals surface area contributed by atoms with E-state index in [-0.39, 0.29) is 24.4 Å². The average molecular weight is 396 g/mol. The van der Waals surface area contributed by atoms with Gasteiger partial charge in [0.25, 0.3) is 5.91 Å². The highest BCUT2D eigenvalue weighted by atomic mass is 16.2. The van der Waals surface area contributed by atoms with E-state index >= 15 is 0 Å². The Bertz CT molecular complexity index is 823. The summed E-state index contributed by atoms with van der Waals surface area (Å²) in [5.41, 5.74) is 2.32. The van der Waals surface area contributed by atoms with Gasteiger partial charge in [0, 0.05) is 62.4 Å². The van der Waals surface area contributed by atoms with Crippen LogP contribution in [0.2, 0.25) is 0 Å². The van der Waals surface area contributed by atoms with Crippen molar-refractivity contribution in [3.05, 3.63) is 59.9 Å². The van der Waals surface area contributed by atoms with Crippen molar-refractivity contribution in [1.29, 1.82) is 0 Å². The maximum Gasteiger partial charge on any atom is 0.253 e. The highest BCUT2D eigenvalue weighted by Crippen LogP contribution is 2.21. The summed E-state index contributed by atoms with van der Waals surface area (Å²) in [5.74, 6) is -0.113. The van der Waals surface area contributed by atoms with Gasteiger partial charge in [0.15, 0.2) is 0 Å². The van der Waals surface area contributed by atoms with Gasteiger partial charge in [-0.1, -0.05) is 12.1 Å². The number of hydrogen-bond donors (Lipinski definition) is 2. The number of rotatable bonds is 7. The number of piperazine rings is 1. The minimum atomic E-state index is -0.0896. The van der Waals surface area contributed by atoms with Crippen LogP contribution in [0.3, 0.4) is 0 Å². The van der Waals surface area contributed by atoms with Crippen LogP contribution in [-0.4, -0.2) is 65.9 Å². The summed E-state index contributed by atoms with van der Waals surface area (Å²) in [5, 5.41) is 6.33. The molecule has 7 nitrogen and oxygen atoms in total. The number of amides is 2. The number of hydrogen-bond acceptors (Lipinski definition) is 5. The summed E-state index contributed by atoms with van der Waals surface area (Å²) in [6.45, 7) is 7.93. The quantitative estimate of drug-likeness (QED) is 0.751. The lowest BCUT2D eigenvalue weighted by molar-refractivity contribution is -0.118. The largest absolute Gasteiger partial charge is 0.339 e. The van der Waals surface area contributed by atoms with Crippen LogP contribution in [0.25, 0.3) is 0 Å². The van der Waals surface area contributed by atoms with Crippen molar-refractivity contribution in [2.75, 3.05) is 44.6 Å². The first-order chi connectivity index (χ1) is 14.1. The molecule has 0 saturated carbocycles. The molecule has 1 atom stereocenters. The van der Waals surface area contributed by atoms with E-state index < -0.39 is 0 Å². The number of benzene rings is 1. The third kappa shape index (κ3) is 5.40. The Hall–Kier alpha value is -2.77. The number of carbonyl (C=O) groups is 2. The Morgan fingerprint density at radius 2 is 2.07 bits per heavy atom. The first kappa shape index (κ1) is 21.0. The van der Waals surface area contributed by atoms with Crippen molar-refractivity contribution < 1.29 is 9.59 Å². The molecule has 2 N–H and O–H groups in total. The number of nitrogens with zero attached hydrogens (tertiary/aromatic N) is 3. The lowest BCUT2D eigenvalue weighted by Gasteiger charge is -2.35. The Kier molecular flexibility index (Phi) is 7.32. The van der Waals surface area contributed by atoms with Gasteiger partial charge in [-0.05, 0) is 43.7 Å². The standard InChI is InChI=1S/C22H29N5O2/c1-3-26(4-2)22(29)17-7-5-9-19(13-17)25-21(28)16-27-12-11-24-15-20(27)18-8-6-10-23-14-18/h5-10,13-14,20,24H,3-4,11-12,15-16H2,1-2H3,(H,25,28). The molecule has 154 valence electrons. The number of anilines is 1. The third-order valence-corrected chi connectivity index (χ3v) is 5.21. The Labute approximate surface area is 172 Å². The van der Waals surface area contributed by atoms with Gasteiger partial charge < -0.3 is 15.5 Å². The summed E-state index contributed by atoms with van der Waals surface area (Å²) >= 11 is 0. The van der Waals surface area contributed by atoms with E-state index in [0.717, 1.165) is 25.2 Å². The van der Waals surface area contributed by atoms with Crippen molar-refractivity contribution in [3.63, 3.8) is 0 Å². The lowest BCUT2D eigenvalue weighted by atomic mass is 10.1. The zero-order valence-electron chi connectivity index (χ0n) is 17.1. The highest BCUT2D eigenvalue weighted by molar-refractivity contribution is 5.97. The van der Waals surface area contributed by atoms with Crippen molar-refractivity contribution in [3.8, 4) is 0 Å². The summed E-state index contributed by atoms with van der Waals surface area (Å²) in [7, 11) is 0. The summed E-state index contributed by atoms with van der Waals surface area (Å²) < 4.78 is 0. The number of pyridine rings is 1. The van der Waals surface area contributed by atoms with Crippen LogP contribution in [0, 0.1) is 0 Å². The molecule has 3 rings (SSSR count). The van der Waals surface area contributed by atoms with Gasteiger partial charge in [-0.15, -0.1) is 0 Å². The van der Waals surface area contributed by atoms with Crippen LogP contribution in [0.15, 0.2) is 48.8 Å². The van der Waals surface area contributed by atoms with Gasteiger partial charge in [0.05, 0.1) is 6.54 Å². The van der Waals surface area contributed by atoms with E-state index in [1.165, 1.54) is 0 Å². The van der Waals surface area contributed by atoms with Crippen LogP contribution in [0.4, 0.5) is 5.69 Å². The molecule has 7 heteroatoms. The molecule has 1 aromatic heterocycles. The third-order valence-electron chi connectivity index (χ3n) is 5.21. The minimum absolute atomic E-state index is 0.0233. The summed E-state index contributed by atoms with van der Waals surface area (Å²) in [6, 6.07) is 11.2. The van der Waals surface area contributed by atoms with Gasteiger partial charge in [-0.2, -0.15) is 0 Å². The zero-order chi connectivity index (χ0) is 20.6. The molecule has 2 amide bonds. The van der Waals surface area contributed by atoms with Crippen LogP contribution in [-0.2, 0) is 4.79 Å². The van der Waals surface area contributed by atoms with Gasteiger partial charge in [0.1, 0.15) is 0 Å². The van der Waals surface area contributed by atoms with E-state index in [1.807, 2.05) is 38.2 Å². The maximum atomic E-state index is 12.7. The Morgan fingerprint density at radius 3 is 2.79 bits per heavy atom. The second kappa shape index (κ2) is 10.1. The van der Waals surface area contributed by atoms with Crippen LogP contribution >= 0.6 is 0 Å². The van der Waals surface area contributed by atoms with Crippen LogP contribution < -0.4 is 10.6 Å². The molecule has 29 heavy (non-hydrogen) atoms. The molecular formula is C22H29N5O2. The average Bonchev–Trinajstić information content (AvgIpc) is 2.75. The molecule has 1 aromatic carbocycles. The van der Waals surface area contributed by atoms with Crippen molar-refractivity contribution >= 4 is 17.5 Å². The molecule has 2 heterocycles. The fraction of sp³-hybridized carbons (Fsp3) is 0.409. The highest BCUT2D eigenvalue weighted by Gasteiger charge is 2.25. The molecule has 1 aliphatic rings. The molecule has 1 unspecified atom stereocenters. The lowest BCUT2D eigenvalue weighted by Crippen LogP contribution is -2.48. The molecule has 0 radical (unpaired) electrons. The smallest absolute Gasteiger partial charge is 0.253 e. The Balaban J connectivity index is 1.65. The fourth-order valence-electron chi connectivity index (χ4n) is 3.65. The maximum absolute atomic E-state index is 12.7. The van der Waals surface area contributed by atoms with E-state index in [1.54, 1.807) is 29.3 Å². The molecule has 0 spiro atoms. The van der Waals surface area contributed by atoms with E-state index in [0.29, 0.717) is 24.3 Å². The van der Waals surface area contributed by atoms with Gasteiger partial charge in [-0.3, -0.25) is 19.5 Å². The molecule has 1 aliphatic heterocycles. The second-order valence-corrected chi connectivity index (χ2v) is 7.08. The van der Waals surface area contributed by atoms with Gasteiger partial charge in [-0.25, -0.2) is 0 Å². The number of aromatic nitrogens is 1. The minimum Gasteiger partial charge on any atom is -0.339 e. The Morgan fingerprint density at radius 1 is 1.24 bits per heavy atom. The van der Waals surface area contributed by atoms with Gasteiger partial charge in [0.2, 0.25) is 5.91 Å². The monoisotopic (exact) mass is 395 g/mol. The van der Waals surface area contributed by atoms with Crippen LogP contribution in [0.1, 0.15) is 35.8 Å². The van der Waals surface area contributed by atoms with E-state index in [9.17, 15) is 9.59 Å².